The van der Waals surface area contributed by atoms with E-state index in [4.69, 9.17) is 0 Å². The van der Waals surface area contributed by atoms with Crippen LogP contribution in [0.15, 0.2) is 0 Å². The minimum Gasteiger partial charge on any atom is -0.393 e. The summed E-state index contributed by atoms with van der Waals surface area (Å²) < 4.78 is 26.3. The predicted octanol–water partition coefficient (Wildman–Crippen LogP) is 1.10. The summed E-state index contributed by atoms with van der Waals surface area (Å²) >= 11 is 0. The number of hydrogen-bond donors (Lipinski definition) is 1. The molecule has 0 aromatic heterocycles. The molecular formula is C11H21NO3S. The normalized spacial score (nSPS) is 32.3. The van der Waals surface area contributed by atoms with Gasteiger partial charge in [-0.15, -0.1) is 0 Å². The third-order valence-corrected chi connectivity index (χ3v) is 6.46. The zero-order chi connectivity index (χ0) is 12.0. The maximum absolute atomic E-state index is 12.3. The second kappa shape index (κ2) is 3.96. The maximum atomic E-state index is 12.3. The summed E-state index contributed by atoms with van der Waals surface area (Å²) in [6.07, 6.45) is 3.38. The van der Waals surface area contributed by atoms with E-state index in [1.54, 1.807) is 4.31 Å². The largest absolute Gasteiger partial charge is 0.393 e. The number of nitrogens with zero attached hydrogens (tertiary/aromatic N) is 1. The summed E-state index contributed by atoms with van der Waals surface area (Å²) in [4.78, 5) is 0. The highest BCUT2D eigenvalue weighted by Crippen LogP contribution is 2.36. The van der Waals surface area contributed by atoms with E-state index < -0.39 is 15.6 Å². The van der Waals surface area contributed by atoms with Crippen molar-refractivity contribution in [2.24, 2.45) is 0 Å². The molecule has 0 bridgehead atoms. The lowest BCUT2D eigenvalue weighted by atomic mass is 9.91. The summed E-state index contributed by atoms with van der Waals surface area (Å²) in [5.41, 5.74) is -0.438. The Morgan fingerprint density at radius 2 is 1.88 bits per heavy atom. The van der Waals surface area contributed by atoms with Gasteiger partial charge in [0.15, 0.2) is 0 Å². The van der Waals surface area contributed by atoms with E-state index in [1.807, 2.05) is 13.8 Å². The molecule has 0 aromatic rings. The van der Waals surface area contributed by atoms with Crippen molar-refractivity contribution in [1.29, 1.82) is 0 Å². The summed E-state index contributed by atoms with van der Waals surface area (Å²) in [6, 6.07) is 0. The van der Waals surface area contributed by atoms with Gasteiger partial charge >= 0.3 is 0 Å². The highest BCUT2D eigenvalue weighted by Gasteiger charge is 2.45. The van der Waals surface area contributed by atoms with Gasteiger partial charge in [0.1, 0.15) is 0 Å². The molecule has 2 rings (SSSR count). The van der Waals surface area contributed by atoms with Gasteiger partial charge in [-0.1, -0.05) is 6.42 Å². The van der Waals surface area contributed by atoms with Crippen LogP contribution in [0, 0.1) is 0 Å². The van der Waals surface area contributed by atoms with Crippen molar-refractivity contribution in [3.63, 3.8) is 0 Å². The van der Waals surface area contributed by atoms with E-state index in [9.17, 15) is 13.5 Å². The highest BCUT2D eigenvalue weighted by atomic mass is 32.2. The minimum atomic E-state index is -3.13. The number of hydrogen-bond acceptors (Lipinski definition) is 3. The van der Waals surface area contributed by atoms with Crippen molar-refractivity contribution in [3.05, 3.63) is 0 Å². The monoisotopic (exact) mass is 247 g/mol. The lowest BCUT2D eigenvalue weighted by Crippen LogP contribution is -2.57. The number of aliphatic hydroxyl groups excluding tert-OH is 1. The van der Waals surface area contributed by atoms with Gasteiger partial charge in [0, 0.05) is 12.1 Å². The molecule has 1 heterocycles. The molecule has 1 saturated carbocycles. The molecule has 5 heteroatoms. The molecule has 0 amide bonds. The second-order valence-corrected chi connectivity index (χ2v) is 7.77. The number of sulfonamides is 1. The summed E-state index contributed by atoms with van der Waals surface area (Å²) in [5, 5.41) is 9.45. The van der Waals surface area contributed by atoms with Gasteiger partial charge in [-0.25, -0.2) is 8.42 Å². The lowest BCUT2D eigenvalue weighted by Gasteiger charge is -2.45. The standard InChI is InChI=1S/C11H21NO3S/c1-11(2)8-9(13)6-7-12(11)16(14,15)10-4-3-5-10/h9-10,13H,3-8H2,1-2H3. The van der Waals surface area contributed by atoms with Crippen LogP contribution in [0.5, 0.6) is 0 Å². The Hall–Kier alpha value is -0.130. The van der Waals surface area contributed by atoms with Crippen LogP contribution in [0.4, 0.5) is 0 Å². The zero-order valence-corrected chi connectivity index (χ0v) is 10.8. The Morgan fingerprint density at radius 3 is 2.31 bits per heavy atom. The van der Waals surface area contributed by atoms with Gasteiger partial charge in [0.05, 0.1) is 11.4 Å². The van der Waals surface area contributed by atoms with Crippen molar-refractivity contribution in [2.45, 2.75) is 62.8 Å². The van der Waals surface area contributed by atoms with Crippen molar-refractivity contribution in [3.8, 4) is 0 Å². The molecule has 4 nitrogen and oxygen atoms in total. The molecule has 0 radical (unpaired) electrons. The first-order chi connectivity index (χ1) is 7.34. The van der Waals surface area contributed by atoms with Crippen molar-refractivity contribution in [1.82, 2.24) is 4.31 Å². The highest BCUT2D eigenvalue weighted by molar-refractivity contribution is 7.89. The Balaban J connectivity index is 2.19. The molecule has 1 saturated heterocycles. The smallest absolute Gasteiger partial charge is 0.217 e. The van der Waals surface area contributed by atoms with Crippen LogP contribution in [0.1, 0.15) is 46.0 Å². The Bertz CT molecular complexity index is 359. The van der Waals surface area contributed by atoms with Crippen molar-refractivity contribution >= 4 is 10.0 Å². The molecule has 1 atom stereocenters. The molecule has 0 aromatic carbocycles. The first kappa shape index (κ1) is 12.3. The molecule has 16 heavy (non-hydrogen) atoms. The predicted molar refractivity (Wildman–Crippen MR) is 62.6 cm³/mol. The van der Waals surface area contributed by atoms with Crippen LogP contribution in [0.25, 0.3) is 0 Å². The van der Waals surface area contributed by atoms with Gasteiger partial charge in [-0.2, -0.15) is 4.31 Å². The molecule has 1 N–H and O–H groups in total. The first-order valence-corrected chi connectivity index (χ1v) is 7.54. The van der Waals surface area contributed by atoms with E-state index >= 15 is 0 Å². The fourth-order valence-corrected chi connectivity index (χ4v) is 5.08. The second-order valence-electron chi connectivity index (χ2n) is 5.63. The topological polar surface area (TPSA) is 57.6 Å². The Morgan fingerprint density at radius 1 is 1.25 bits per heavy atom. The average molecular weight is 247 g/mol. The fraction of sp³-hybridized carbons (Fsp3) is 1.00. The van der Waals surface area contributed by atoms with Crippen LogP contribution in [-0.2, 0) is 10.0 Å². The van der Waals surface area contributed by atoms with Gasteiger partial charge in [0.2, 0.25) is 10.0 Å². The van der Waals surface area contributed by atoms with Crippen LogP contribution in [0.2, 0.25) is 0 Å². The van der Waals surface area contributed by atoms with Gasteiger partial charge in [-0.05, 0) is 39.5 Å². The van der Waals surface area contributed by atoms with E-state index in [0.29, 0.717) is 19.4 Å². The third-order valence-electron chi connectivity index (χ3n) is 3.86. The van der Waals surface area contributed by atoms with Gasteiger partial charge < -0.3 is 5.11 Å². The Labute approximate surface area is 97.7 Å². The third kappa shape index (κ3) is 2.00. The molecule has 1 aliphatic heterocycles. The lowest BCUT2D eigenvalue weighted by molar-refractivity contribution is 0.0434. The molecule has 2 fully saturated rings. The van der Waals surface area contributed by atoms with E-state index in [1.165, 1.54) is 0 Å². The molecule has 1 unspecified atom stereocenters. The van der Waals surface area contributed by atoms with Crippen molar-refractivity contribution in [2.75, 3.05) is 6.54 Å². The average Bonchev–Trinajstić information content (AvgIpc) is 1.95. The van der Waals surface area contributed by atoms with E-state index in [-0.39, 0.29) is 11.4 Å². The minimum absolute atomic E-state index is 0.165. The SMILES string of the molecule is CC1(C)CC(O)CCN1S(=O)(=O)C1CCC1. The number of aliphatic hydroxyl groups is 1. The molecule has 1 aliphatic carbocycles. The summed E-state index contributed by atoms with van der Waals surface area (Å²) in [6.45, 7) is 4.28. The van der Waals surface area contributed by atoms with Crippen LogP contribution < -0.4 is 0 Å². The first-order valence-electron chi connectivity index (χ1n) is 6.04. The molecule has 94 valence electrons. The number of rotatable bonds is 2. The quantitative estimate of drug-likeness (QED) is 0.795. The van der Waals surface area contributed by atoms with Crippen LogP contribution in [0.3, 0.4) is 0 Å². The number of piperidine rings is 1. The zero-order valence-electron chi connectivity index (χ0n) is 10.0. The van der Waals surface area contributed by atoms with E-state index in [0.717, 1.165) is 19.3 Å². The molecular weight excluding hydrogens is 226 g/mol. The summed E-state index contributed by atoms with van der Waals surface area (Å²) in [7, 11) is -3.13. The van der Waals surface area contributed by atoms with Gasteiger partial charge in [0.25, 0.3) is 0 Å². The van der Waals surface area contributed by atoms with Crippen molar-refractivity contribution < 1.29 is 13.5 Å². The van der Waals surface area contributed by atoms with Crippen LogP contribution in [-0.4, -0.2) is 41.3 Å². The van der Waals surface area contributed by atoms with Gasteiger partial charge in [-0.3, -0.25) is 0 Å². The Kier molecular flexibility index (Phi) is 3.05. The van der Waals surface area contributed by atoms with Crippen LogP contribution >= 0.6 is 0 Å². The molecule has 2 aliphatic rings. The fourth-order valence-electron chi connectivity index (χ4n) is 2.67. The molecule has 0 spiro atoms. The maximum Gasteiger partial charge on any atom is 0.217 e. The summed E-state index contributed by atoms with van der Waals surface area (Å²) in [5.74, 6) is 0. The van der Waals surface area contributed by atoms with E-state index in [2.05, 4.69) is 0 Å².